The van der Waals surface area contributed by atoms with Crippen molar-refractivity contribution < 1.29 is 4.79 Å². The fraction of sp³-hybridized carbons (Fsp3) is 0.286. The molecule has 2 heterocycles. The molecule has 5 heteroatoms. The topological polar surface area (TPSA) is 42.0 Å². The summed E-state index contributed by atoms with van der Waals surface area (Å²) in [6, 6.07) is 7.62. The Kier molecular flexibility index (Phi) is 3.66. The maximum absolute atomic E-state index is 12.2. The summed E-state index contributed by atoms with van der Waals surface area (Å²) in [6.45, 7) is 0. The molecule has 1 N–H and O–H groups in total. The van der Waals surface area contributed by atoms with Crippen molar-refractivity contribution in [1.82, 2.24) is 10.3 Å². The third-order valence-electron chi connectivity index (χ3n) is 3.31. The van der Waals surface area contributed by atoms with Crippen LogP contribution in [0.4, 0.5) is 0 Å². The van der Waals surface area contributed by atoms with E-state index in [1.807, 2.05) is 12.1 Å². The summed E-state index contributed by atoms with van der Waals surface area (Å²) in [5, 5.41) is 5.19. The van der Waals surface area contributed by atoms with Gasteiger partial charge in [-0.05, 0) is 64.3 Å². The first-order chi connectivity index (χ1) is 9.24. The smallest absolute Gasteiger partial charge is 0.270 e. The zero-order valence-corrected chi connectivity index (χ0v) is 12.6. The normalized spacial score (nSPS) is 17.8. The number of amides is 1. The Hall–Kier alpha value is -1.20. The van der Waals surface area contributed by atoms with E-state index < -0.39 is 0 Å². The van der Waals surface area contributed by atoms with Gasteiger partial charge in [-0.1, -0.05) is 6.07 Å². The third kappa shape index (κ3) is 2.72. The molecular formula is C14H13BrN2OS. The van der Waals surface area contributed by atoms with Crippen LogP contribution in [-0.4, -0.2) is 10.9 Å². The lowest BCUT2D eigenvalue weighted by Gasteiger charge is -2.23. The van der Waals surface area contributed by atoms with E-state index in [1.54, 1.807) is 17.4 Å². The third-order valence-corrected chi connectivity index (χ3v) is 4.74. The lowest BCUT2D eigenvalue weighted by Crippen LogP contribution is -2.30. The number of fused-ring (bicyclic) bond motifs is 1. The standard InChI is InChI=1S/C14H13BrN2OS/c15-13-6-2-4-11(16-13)14(18)17-10-3-1-5-12-9(10)7-8-19-12/h2,4,6-8,10H,1,3,5H2,(H,17,18). The first-order valence-corrected chi connectivity index (χ1v) is 7.91. The van der Waals surface area contributed by atoms with Crippen LogP contribution in [0.5, 0.6) is 0 Å². The molecule has 0 spiro atoms. The van der Waals surface area contributed by atoms with E-state index in [-0.39, 0.29) is 11.9 Å². The van der Waals surface area contributed by atoms with Crippen LogP contribution in [0.2, 0.25) is 0 Å². The summed E-state index contributed by atoms with van der Waals surface area (Å²) in [5.74, 6) is -0.106. The van der Waals surface area contributed by atoms with E-state index in [0.29, 0.717) is 10.3 Å². The molecule has 0 aromatic carbocycles. The summed E-state index contributed by atoms with van der Waals surface area (Å²) >= 11 is 5.07. The number of carbonyl (C=O) groups excluding carboxylic acids is 1. The quantitative estimate of drug-likeness (QED) is 0.849. The number of thiophene rings is 1. The van der Waals surface area contributed by atoms with Crippen LogP contribution >= 0.6 is 27.3 Å². The molecule has 1 aliphatic rings. The molecule has 0 bridgehead atoms. The second-order valence-corrected chi connectivity index (χ2v) is 6.38. The number of hydrogen-bond donors (Lipinski definition) is 1. The Morgan fingerprint density at radius 1 is 1.42 bits per heavy atom. The van der Waals surface area contributed by atoms with Gasteiger partial charge in [0.05, 0.1) is 6.04 Å². The number of carbonyl (C=O) groups is 1. The molecule has 19 heavy (non-hydrogen) atoms. The van der Waals surface area contributed by atoms with Crippen LogP contribution in [-0.2, 0) is 6.42 Å². The molecule has 0 saturated carbocycles. The number of nitrogens with zero attached hydrogens (tertiary/aromatic N) is 1. The van der Waals surface area contributed by atoms with Crippen LogP contribution in [0.15, 0.2) is 34.2 Å². The molecule has 0 fully saturated rings. The van der Waals surface area contributed by atoms with Crippen LogP contribution in [0.25, 0.3) is 0 Å². The van der Waals surface area contributed by atoms with Gasteiger partial charge in [0.1, 0.15) is 10.3 Å². The Labute approximate surface area is 124 Å². The molecule has 2 aromatic rings. The average Bonchev–Trinajstić information content (AvgIpc) is 2.88. The van der Waals surface area contributed by atoms with E-state index in [1.165, 1.54) is 10.4 Å². The van der Waals surface area contributed by atoms with Gasteiger partial charge in [0.25, 0.3) is 5.91 Å². The van der Waals surface area contributed by atoms with Gasteiger partial charge < -0.3 is 5.32 Å². The Balaban J connectivity index is 1.78. The zero-order chi connectivity index (χ0) is 13.2. The van der Waals surface area contributed by atoms with Crippen molar-refractivity contribution in [3.05, 3.63) is 50.4 Å². The lowest BCUT2D eigenvalue weighted by atomic mass is 9.94. The molecule has 2 aromatic heterocycles. The molecule has 3 rings (SSSR count). The summed E-state index contributed by atoms with van der Waals surface area (Å²) in [7, 11) is 0. The molecule has 0 radical (unpaired) electrons. The molecular weight excluding hydrogens is 324 g/mol. The molecule has 3 nitrogen and oxygen atoms in total. The fourth-order valence-electron chi connectivity index (χ4n) is 2.40. The Bertz CT molecular complexity index is 611. The number of pyridine rings is 1. The molecule has 1 aliphatic carbocycles. The zero-order valence-electron chi connectivity index (χ0n) is 10.2. The van der Waals surface area contributed by atoms with Gasteiger partial charge in [0.2, 0.25) is 0 Å². The highest BCUT2D eigenvalue weighted by molar-refractivity contribution is 9.10. The molecule has 0 saturated heterocycles. The number of aryl methyl sites for hydroxylation is 1. The summed E-state index contributed by atoms with van der Waals surface area (Å²) in [6.07, 6.45) is 3.27. The van der Waals surface area contributed by atoms with Gasteiger partial charge in [-0.3, -0.25) is 4.79 Å². The van der Waals surface area contributed by atoms with E-state index in [9.17, 15) is 4.79 Å². The number of rotatable bonds is 2. The summed E-state index contributed by atoms with van der Waals surface area (Å²) in [4.78, 5) is 17.8. The Morgan fingerprint density at radius 2 is 2.32 bits per heavy atom. The monoisotopic (exact) mass is 336 g/mol. The minimum absolute atomic E-state index is 0.106. The highest BCUT2D eigenvalue weighted by atomic mass is 79.9. The molecule has 0 aliphatic heterocycles. The van der Waals surface area contributed by atoms with Gasteiger partial charge in [0.15, 0.2) is 0 Å². The molecule has 1 unspecified atom stereocenters. The van der Waals surface area contributed by atoms with Crippen LogP contribution in [0.1, 0.15) is 39.8 Å². The number of nitrogens with one attached hydrogen (secondary N) is 1. The average molecular weight is 337 g/mol. The second-order valence-electron chi connectivity index (χ2n) is 4.56. The molecule has 98 valence electrons. The fourth-order valence-corrected chi connectivity index (χ4v) is 3.73. The maximum Gasteiger partial charge on any atom is 0.270 e. The highest BCUT2D eigenvalue weighted by Crippen LogP contribution is 2.33. The van der Waals surface area contributed by atoms with Crippen LogP contribution in [0, 0.1) is 0 Å². The van der Waals surface area contributed by atoms with Crippen molar-refractivity contribution in [2.75, 3.05) is 0 Å². The van der Waals surface area contributed by atoms with Crippen molar-refractivity contribution in [2.24, 2.45) is 0 Å². The van der Waals surface area contributed by atoms with Crippen molar-refractivity contribution in [2.45, 2.75) is 25.3 Å². The van der Waals surface area contributed by atoms with Crippen molar-refractivity contribution >= 4 is 33.2 Å². The number of aromatic nitrogens is 1. The van der Waals surface area contributed by atoms with Crippen LogP contribution < -0.4 is 5.32 Å². The van der Waals surface area contributed by atoms with Gasteiger partial charge >= 0.3 is 0 Å². The van der Waals surface area contributed by atoms with Gasteiger partial charge in [-0.25, -0.2) is 4.98 Å². The predicted molar refractivity (Wildman–Crippen MR) is 79.4 cm³/mol. The van der Waals surface area contributed by atoms with Crippen molar-refractivity contribution in [3.63, 3.8) is 0 Å². The van der Waals surface area contributed by atoms with E-state index in [0.717, 1.165) is 19.3 Å². The maximum atomic E-state index is 12.2. The van der Waals surface area contributed by atoms with E-state index >= 15 is 0 Å². The van der Waals surface area contributed by atoms with E-state index in [2.05, 4.69) is 37.7 Å². The SMILES string of the molecule is O=C(NC1CCCc2sccc21)c1cccc(Br)n1. The Morgan fingerprint density at radius 3 is 3.16 bits per heavy atom. The first kappa shape index (κ1) is 12.8. The number of halogens is 1. The van der Waals surface area contributed by atoms with Gasteiger partial charge in [0, 0.05) is 4.88 Å². The lowest BCUT2D eigenvalue weighted by molar-refractivity contribution is 0.0927. The van der Waals surface area contributed by atoms with Crippen molar-refractivity contribution in [3.8, 4) is 0 Å². The van der Waals surface area contributed by atoms with Gasteiger partial charge in [-0.2, -0.15) is 0 Å². The summed E-state index contributed by atoms with van der Waals surface area (Å²) in [5.41, 5.74) is 1.73. The summed E-state index contributed by atoms with van der Waals surface area (Å²) < 4.78 is 0.681. The van der Waals surface area contributed by atoms with E-state index in [4.69, 9.17) is 0 Å². The highest BCUT2D eigenvalue weighted by Gasteiger charge is 2.23. The number of hydrogen-bond acceptors (Lipinski definition) is 3. The van der Waals surface area contributed by atoms with Gasteiger partial charge in [-0.15, -0.1) is 11.3 Å². The largest absolute Gasteiger partial charge is 0.344 e. The predicted octanol–water partition coefficient (Wildman–Crippen LogP) is 3.71. The van der Waals surface area contributed by atoms with Crippen LogP contribution in [0.3, 0.4) is 0 Å². The second kappa shape index (κ2) is 5.43. The molecule has 1 atom stereocenters. The van der Waals surface area contributed by atoms with Crippen molar-refractivity contribution in [1.29, 1.82) is 0 Å². The minimum Gasteiger partial charge on any atom is -0.344 e. The minimum atomic E-state index is -0.106. The molecule has 1 amide bonds. The first-order valence-electron chi connectivity index (χ1n) is 6.24.